The Hall–Kier alpha value is -1.46. The van der Waals surface area contributed by atoms with E-state index in [1.165, 1.54) is 17.8 Å². The number of carbonyl (C=O) groups excluding carboxylic acids is 1. The Morgan fingerprint density at radius 2 is 2.17 bits per heavy atom. The van der Waals surface area contributed by atoms with E-state index in [4.69, 9.17) is 0 Å². The molecule has 1 atom stereocenters. The van der Waals surface area contributed by atoms with Crippen LogP contribution < -0.4 is 5.32 Å². The average molecular weight is 347 g/mol. The van der Waals surface area contributed by atoms with Gasteiger partial charge in [0.05, 0.1) is 6.04 Å². The molecule has 1 aliphatic heterocycles. The first kappa shape index (κ1) is 16.4. The van der Waals surface area contributed by atoms with Crippen molar-refractivity contribution >= 4 is 29.4 Å². The molecule has 1 N–H and O–H groups in total. The van der Waals surface area contributed by atoms with Crippen LogP contribution in [-0.4, -0.2) is 17.9 Å². The highest BCUT2D eigenvalue weighted by molar-refractivity contribution is 7.99. The lowest BCUT2D eigenvalue weighted by atomic mass is 10.0. The van der Waals surface area contributed by atoms with Crippen LogP contribution in [0.5, 0.6) is 0 Å². The van der Waals surface area contributed by atoms with Crippen molar-refractivity contribution in [1.82, 2.24) is 5.32 Å². The summed E-state index contributed by atoms with van der Waals surface area (Å²) in [5.74, 6) is 1.40. The third kappa shape index (κ3) is 3.72. The van der Waals surface area contributed by atoms with E-state index < -0.39 is 0 Å². The third-order valence-electron chi connectivity index (χ3n) is 3.83. The molecule has 120 valence electrons. The second-order valence-corrected chi connectivity index (χ2v) is 7.43. The number of carbonyl (C=O) groups is 1. The fourth-order valence-electron chi connectivity index (χ4n) is 2.75. The number of fused-ring (bicyclic) bond motifs is 1. The van der Waals surface area contributed by atoms with Gasteiger partial charge in [-0.2, -0.15) is 11.8 Å². The Bertz CT molecular complexity index is 720. The van der Waals surface area contributed by atoms with Crippen LogP contribution in [-0.2, 0) is 5.75 Å². The van der Waals surface area contributed by atoms with Crippen LogP contribution in [0.1, 0.15) is 33.9 Å². The molecule has 23 heavy (non-hydrogen) atoms. The highest BCUT2D eigenvalue weighted by Gasteiger charge is 2.24. The summed E-state index contributed by atoms with van der Waals surface area (Å²) in [4.78, 5) is 13.2. The molecule has 0 saturated carbocycles. The van der Waals surface area contributed by atoms with E-state index in [1.54, 1.807) is 17.8 Å². The predicted molar refractivity (Wildman–Crippen MR) is 95.6 cm³/mol. The van der Waals surface area contributed by atoms with E-state index in [9.17, 15) is 9.18 Å². The number of nitrogens with one attached hydrogen (secondary N) is 1. The maximum atomic E-state index is 13.9. The maximum absolute atomic E-state index is 13.9. The van der Waals surface area contributed by atoms with Crippen molar-refractivity contribution in [2.75, 3.05) is 12.0 Å². The minimum Gasteiger partial charge on any atom is -0.345 e. The van der Waals surface area contributed by atoms with Gasteiger partial charge in [-0.25, -0.2) is 4.39 Å². The molecule has 2 aromatic carbocycles. The van der Waals surface area contributed by atoms with Gasteiger partial charge in [0.25, 0.3) is 5.91 Å². The second-order valence-electron chi connectivity index (χ2n) is 5.45. The van der Waals surface area contributed by atoms with E-state index in [1.807, 2.05) is 36.6 Å². The zero-order valence-corrected chi connectivity index (χ0v) is 14.5. The number of amides is 1. The zero-order valence-electron chi connectivity index (χ0n) is 12.8. The highest BCUT2D eigenvalue weighted by Crippen LogP contribution is 2.37. The van der Waals surface area contributed by atoms with Gasteiger partial charge in [0.1, 0.15) is 5.82 Å². The molecule has 0 spiro atoms. The number of halogens is 1. The van der Waals surface area contributed by atoms with Gasteiger partial charge in [0.15, 0.2) is 0 Å². The van der Waals surface area contributed by atoms with Crippen molar-refractivity contribution in [3.8, 4) is 0 Å². The number of hydrogen-bond acceptors (Lipinski definition) is 3. The molecule has 0 saturated heterocycles. The van der Waals surface area contributed by atoms with E-state index in [0.717, 1.165) is 29.1 Å². The predicted octanol–water partition coefficient (Wildman–Crippen LogP) is 4.66. The first-order valence-corrected chi connectivity index (χ1v) is 9.87. The van der Waals surface area contributed by atoms with E-state index >= 15 is 0 Å². The fraction of sp³-hybridized carbons (Fsp3) is 0.278. The van der Waals surface area contributed by atoms with Gasteiger partial charge in [-0.05, 0) is 42.0 Å². The summed E-state index contributed by atoms with van der Waals surface area (Å²) in [7, 11) is 0. The van der Waals surface area contributed by atoms with Crippen LogP contribution in [0, 0.1) is 5.82 Å². The zero-order chi connectivity index (χ0) is 16.2. The molecule has 0 aromatic heterocycles. The Morgan fingerprint density at radius 3 is 3.00 bits per heavy atom. The monoisotopic (exact) mass is 347 g/mol. The molecule has 2 nitrogen and oxygen atoms in total. The van der Waals surface area contributed by atoms with E-state index in [2.05, 4.69) is 5.32 Å². The van der Waals surface area contributed by atoms with Crippen LogP contribution in [0.15, 0.2) is 47.4 Å². The third-order valence-corrected chi connectivity index (χ3v) is 5.61. The Labute approximate surface area is 144 Å². The Kier molecular flexibility index (Phi) is 5.28. The van der Waals surface area contributed by atoms with E-state index in [0.29, 0.717) is 10.5 Å². The molecule has 0 radical (unpaired) electrons. The normalized spacial score (nSPS) is 16.7. The van der Waals surface area contributed by atoms with Crippen molar-refractivity contribution in [3.05, 3.63) is 65.0 Å². The largest absolute Gasteiger partial charge is 0.345 e. The topological polar surface area (TPSA) is 29.1 Å². The minimum atomic E-state index is -0.201. The van der Waals surface area contributed by atoms with Crippen molar-refractivity contribution in [3.63, 3.8) is 0 Å². The average Bonchev–Trinajstić information content (AvgIpc) is 2.56. The van der Waals surface area contributed by atoms with Gasteiger partial charge in [-0.3, -0.25) is 4.79 Å². The first-order valence-electron chi connectivity index (χ1n) is 7.49. The lowest BCUT2D eigenvalue weighted by molar-refractivity contribution is 0.0934. The molecule has 2 aromatic rings. The van der Waals surface area contributed by atoms with Gasteiger partial charge in [-0.15, -0.1) is 11.8 Å². The van der Waals surface area contributed by atoms with Gasteiger partial charge < -0.3 is 5.32 Å². The number of thioether (sulfide) groups is 2. The van der Waals surface area contributed by atoms with Crippen molar-refractivity contribution in [1.29, 1.82) is 0 Å². The fourth-order valence-corrected chi connectivity index (χ4v) is 4.40. The van der Waals surface area contributed by atoms with Gasteiger partial charge >= 0.3 is 0 Å². The number of rotatable bonds is 4. The second kappa shape index (κ2) is 7.41. The summed E-state index contributed by atoms with van der Waals surface area (Å²) < 4.78 is 13.9. The van der Waals surface area contributed by atoms with Gasteiger partial charge in [0, 0.05) is 22.0 Å². The maximum Gasteiger partial charge on any atom is 0.251 e. The van der Waals surface area contributed by atoms with Crippen molar-refractivity contribution in [2.45, 2.75) is 23.1 Å². The van der Waals surface area contributed by atoms with Crippen molar-refractivity contribution in [2.24, 2.45) is 0 Å². The minimum absolute atomic E-state index is 0.0972. The molecule has 1 heterocycles. The molecular formula is C18H18FNOS2. The van der Waals surface area contributed by atoms with Crippen molar-refractivity contribution < 1.29 is 9.18 Å². The Morgan fingerprint density at radius 1 is 1.35 bits per heavy atom. The molecule has 0 aliphatic carbocycles. The lowest BCUT2D eigenvalue weighted by Gasteiger charge is -2.26. The van der Waals surface area contributed by atoms with Gasteiger partial charge in [-0.1, -0.05) is 24.3 Å². The molecule has 1 aliphatic rings. The Balaban J connectivity index is 1.79. The summed E-state index contributed by atoms with van der Waals surface area (Å²) in [6, 6.07) is 12.6. The first-order chi connectivity index (χ1) is 11.2. The molecule has 5 heteroatoms. The molecule has 0 fully saturated rings. The SMILES string of the molecule is CSCc1cccc(C(=O)N[C@H]2CCSc3c(F)cccc32)c1. The van der Waals surface area contributed by atoms with Gasteiger partial charge in [0.2, 0.25) is 0 Å². The lowest BCUT2D eigenvalue weighted by Crippen LogP contribution is -2.30. The summed E-state index contributed by atoms with van der Waals surface area (Å²) in [5.41, 5.74) is 2.68. The number of hydrogen-bond donors (Lipinski definition) is 1. The molecule has 0 bridgehead atoms. The summed E-state index contributed by atoms with van der Waals surface area (Å²) in [6.07, 6.45) is 2.86. The highest BCUT2D eigenvalue weighted by atomic mass is 32.2. The molecular weight excluding hydrogens is 329 g/mol. The number of benzene rings is 2. The summed E-state index contributed by atoms with van der Waals surface area (Å²) >= 11 is 3.25. The van der Waals surface area contributed by atoms with Crippen LogP contribution >= 0.6 is 23.5 Å². The molecule has 3 rings (SSSR count). The summed E-state index contributed by atoms with van der Waals surface area (Å²) in [5, 5.41) is 3.06. The van der Waals surface area contributed by atoms with Crippen LogP contribution in [0.2, 0.25) is 0 Å². The standard InChI is InChI=1S/C18H18FNOS2/c1-22-11-12-4-2-5-13(10-12)18(21)20-16-8-9-23-17-14(16)6-3-7-15(17)19/h2-7,10,16H,8-9,11H2,1H3,(H,20,21)/t16-/m0/s1. The molecule has 0 unspecified atom stereocenters. The quantitative estimate of drug-likeness (QED) is 0.872. The summed E-state index contributed by atoms with van der Waals surface area (Å²) in [6.45, 7) is 0. The smallest absolute Gasteiger partial charge is 0.251 e. The van der Waals surface area contributed by atoms with Crippen LogP contribution in [0.25, 0.3) is 0 Å². The van der Waals surface area contributed by atoms with Crippen LogP contribution in [0.3, 0.4) is 0 Å². The van der Waals surface area contributed by atoms with Crippen LogP contribution in [0.4, 0.5) is 4.39 Å². The molecule has 1 amide bonds. The van der Waals surface area contributed by atoms with E-state index in [-0.39, 0.29) is 17.8 Å².